The quantitative estimate of drug-likeness (QED) is 0.359. The molecule has 8 heteroatoms. The lowest BCUT2D eigenvalue weighted by Crippen LogP contribution is -2.11. The van der Waals surface area contributed by atoms with Gasteiger partial charge in [0.05, 0.1) is 17.6 Å². The number of hydrogen-bond acceptors (Lipinski definition) is 8. The lowest BCUT2D eigenvalue weighted by atomic mass is 10.1. The molecule has 2 rings (SSSR count). The van der Waals surface area contributed by atoms with Crippen LogP contribution in [0.3, 0.4) is 0 Å². The molecule has 0 aliphatic rings. The van der Waals surface area contributed by atoms with E-state index >= 15 is 0 Å². The number of rotatable bonds is 8. The molecule has 0 fully saturated rings. The highest BCUT2D eigenvalue weighted by Crippen LogP contribution is 2.19. The van der Waals surface area contributed by atoms with Crippen molar-refractivity contribution < 1.29 is 4.74 Å². The van der Waals surface area contributed by atoms with Gasteiger partial charge in [-0.15, -0.1) is 0 Å². The largest absolute Gasteiger partial charge is 0.404 e. The van der Waals surface area contributed by atoms with Crippen LogP contribution in [-0.4, -0.2) is 36.9 Å². The van der Waals surface area contributed by atoms with E-state index in [1.54, 1.807) is 38.7 Å². The molecule has 0 atom stereocenters. The second-order valence-electron chi connectivity index (χ2n) is 5.39. The first-order valence-electron chi connectivity index (χ1n) is 7.90. The lowest BCUT2D eigenvalue weighted by Gasteiger charge is -2.09. The summed E-state index contributed by atoms with van der Waals surface area (Å²) < 4.78 is 5.04. The summed E-state index contributed by atoms with van der Waals surface area (Å²) in [5, 5.41) is 13.5. The Hall–Kier alpha value is -3.39. The summed E-state index contributed by atoms with van der Waals surface area (Å²) in [6.07, 6.45) is 7.83. The SMILES string of the molecule is CN/C=C(\C=N)c1cnc2ccc(N/C(N)=C/C(=C\N)COC)nc2c1. The van der Waals surface area contributed by atoms with E-state index in [1.807, 2.05) is 12.1 Å². The summed E-state index contributed by atoms with van der Waals surface area (Å²) in [7, 11) is 3.36. The van der Waals surface area contributed by atoms with Crippen LogP contribution in [0, 0.1) is 5.41 Å². The van der Waals surface area contributed by atoms with Crippen molar-refractivity contribution in [3.05, 3.63) is 59.8 Å². The molecule has 8 nitrogen and oxygen atoms in total. The van der Waals surface area contributed by atoms with Gasteiger partial charge in [0.15, 0.2) is 0 Å². The summed E-state index contributed by atoms with van der Waals surface area (Å²) in [6, 6.07) is 5.51. The molecule has 2 heterocycles. The Morgan fingerprint density at radius 2 is 2.15 bits per heavy atom. The number of nitrogens with zero attached hydrogens (tertiary/aromatic N) is 2. The van der Waals surface area contributed by atoms with Crippen molar-refractivity contribution in [2.24, 2.45) is 11.5 Å². The van der Waals surface area contributed by atoms with Gasteiger partial charge in [0.2, 0.25) is 0 Å². The van der Waals surface area contributed by atoms with Crippen molar-refractivity contribution >= 4 is 28.6 Å². The van der Waals surface area contributed by atoms with Crippen LogP contribution in [0.15, 0.2) is 54.3 Å². The van der Waals surface area contributed by atoms with E-state index in [0.717, 1.165) is 16.7 Å². The van der Waals surface area contributed by atoms with Crippen LogP contribution >= 0.6 is 0 Å². The second kappa shape index (κ2) is 9.19. The van der Waals surface area contributed by atoms with Crippen LogP contribution in [0.1, 0.15) is 5.56 Å². The van der Waals surface area contributed by atoms with Crippen molar-refractivity contribution in [2.45, 2.75) is 0 Å². The van der Waals surface area contributed by atoms with Gasteiger partial charge in [-0.05, 0) is 36.0 Å². The molecule has 26 heavy (non-hydrogen) atoms. The maximum atomic E-state index is 7.52. The van der Waals surface area contributed by atoms with Gasteiger partial charge in [-0.2, -0.15) is 0 Å². The van der Waals surface area contributed by atoms with Gasteiger partial charge in [-0.1, -0.05) is 0 Å². The van der Waals surface area contributed by atoms with Crippen LogP contribution in [0.4, 0.5) is 5.82 Å². The van der Waals surface area contributed by atoms with Crippen LogP contribution < -0.4 is 22.1 Å². The Morgan fingerprint density at radius 1 is 1.35 bits per heavy atom. The third kappa shape index (κ3) is 4.81. The molecule has 0 amide bonds. The molecular weight excluding hydrogens is 330 g/mol. The topological polar surface area (TPSA) is 135 Å². The fraction of sp³-hybridized carbons (Fsp3) is 0.167. The predicted octanol–water partition coefficient (Wildman–Crippen LogP) is 1.54. The van der Waals surface area contributed by atoms with Crippen molar-refractivity contribution in [3.63, 3.8) is 0 Å². The second-order valence-corrected chi connectivity index (χ2v) is 5.39. The third-order valence-corrected chi connectivity index (χ3v) is 3.46. The van der Waals surface area contributed by atoms with Gasteiger partial charge >= 0.3 is 0 Å². The van der Waals surface area contributed by atoms with E-state index < -0.39 is 0 Å². The molecule has 0 unspecified atom stereocenters. The first kappa shape index (κ1) is 18.9. The maximum absolute atomic E-state index is 7.52. The number of hydrogen-bond donors (Lipinski definition) is 5. The molecule has 2 aromatic heterocycles. The minimum absolute atomic E-state index is 0.363. The van der Waals surface area contributed by atoms with E-state index in [4.69, 9.17) is 21.6 Å². The highest BCUT2D eigenvalue weighted by atomic mass is 16.5. The van der Waals surface area contributed by atoms with Gasteiger partial charge in [-0.25, -0.2) is 4.98 Å². The Labute approximate surface area is 152 Å². The molecule has 0 spiro atoms. The molecule has 136 valence electrons. The fourth-order valence-electron chi connectivity index (χ4n) is 2.29. The first-order valence-corrected chi connectivity index (χ1v) is 7.90. The maximum Gasteiger partial charge on any atom is 0.132 e. The monoisotopic (exact) mass is 353 g/mol. The van der Waals surface area contributed by atoms with E-state index in [0.29, 0.717) is 29.3 Å². The third-order valence-electron chi connectivity index (χ3n) is 3.46. The zero-order valence-corrected chi connectivity index (χ0v) is 14.8. The number of nitrogens with one attached hydrogen (secondary N) is 3. The molecule has 0 bridgehead atoms. The lowest BCUT2D eigenvalue weighted by molar-refractivity contribution is 0.228. The summed E-state index contributed by atoms with van der Waals surface area (Å²) in [5.74, 6) is 0.970. The minimum Gasteiger partial charge on any atom is -0.404 e. The molecule has 0 saturated carbocycles. The number of ether oxygens (including phenoxy) is 1. The van der Waals surface area contributed by atoms with Gasteiger partial charge in [-0.3, -0.25) is 4.98 Å². The number of fused-ring (bicyclic) bond motifs is 1. The summed E-state index contributed by atoms with van der Waals surface area (Å²) in [4.78, 5) is 8.92. The number of allylic oxidation sites excluding steroid dienone is 1. The number of aromatic nitrogens is 2. The highest BCUT2D eigenvalue weighted by molar-refractivity contribution is 6.08. The van der Waals surface area contributed by atoms with Gasteiger partial charge in [0, 0.05) is 43.9 Å². The smallest absolute Gasteiger partial charge is 0.132 e. The number of anilines is 1. The molecule has 0 aliphatic carbocycles. The summed E-state index contributed by atoms with van der Waals surface area (Å²) in [6.45, 7) is 0.363. The van der Waals surface area contributed by atoms with Crippen molar-refractivity contribution in [2.75, 3.05) is 26.1 Å². The van der Waals surface area contributed by atoms with Crippen LogP contribution in [0.25, 0.3) is 16.6 Å². The average Bonchev–Trinajstić information content (AvgIpc) is 2.65. The standard InChI is InChI=1S/C18H23N7O/c1-22-9-14(8-20)13-6-16-15(23-10-13)3-4-18(24-16)25-17(21)5-12(7-19)11-26-2/h3-10,20,22H,11,19,21H2,1-2H3,(H,24,25)/b12-7+,14-9+,17-5+,20-8?. The molecule has 0 saturated heterocycles. The molecule has 7 N–H and O–H groups in total. The number of nitrogens with two attached hydrogens (primary N) is 2. The summed E-state index contributed by atoms with van der Waals surface area (Å²) >= 11 is 0. The molecule has 0 radical (unpaired) electrons. The van der Waals surface area contributed by atoms with Gasteiger partial charge < -0.3 is 32.2 Å². The molecule has 0 aliphatic heterocycles. The zero-order valence-electron chi connectivity index (χ0n) is 14.8. The average molecular weight is 353 g/mol. The Kier molecular flexibility index (Phi) is 6.69. The normalized spacial score (nSPS) is 12.9. The van der Waals surface area contributed by atoms with Crippen molar-refractivity contribution in [3.8, 4) is 0 Å². The first-order chi connectivity index (χ1) is 12.6. The molecule has 0 aromatic carbocycles. The fourth-order valence-corrected chi connectivity index (χ4v) is 2.29. The Balaban J connectivity index is 2.31. The predicted molar refractivity (Wildman–Crippen MR) is 105 cm³/mol. The van der Waals surface area contributed by atoms with Crippen LogP contribution in [0.5, 0.6) is 0 Å². The van der Waals surface area contributed by atoms with Gasteiger partial charge in [0.1, 0.15) is 11.6 Å². The van der Waals surface area contributed by atoms with Crippen molar-refractivity contribution in [1.82, 2.24) is 15.3 Å². The van der Waals surface area contributed by atoms with E-state index in [9.17, 15) is 0 Å². The zero-order chi connectivity index (χ0) is 18.9. The van der Waals surface area contributed by atoms with Gasteiger partial charge in [0.25, 0.3) is 0 Å². The highest BCUT2D eigenvalue weighted by Gasteiger charge is 2.05. The summed E-state index contributed by atoms with van der Waals surface area (Å²) in [5.41, 5.74) is 15.2. The Bertz CT molecular complexity index is 871. The van der Waals surface area contributed by atoms with E-state index in [-0.39, 0.29) is 0 Å². The van der Waals surface area contributed by atoms with Crippen LogP contribution in [0.2, 0.25) is 0 Å². The van der Waals surface area contributed by atoms with E-state index in [1.165, 1.54) is 12.4 Å². The number of methoxy groups -OCH3 is 1. The number of pyridine rings is 2. The van der Waals surface area contributed by atoms with E-state index in [2.05, 4.69) is 20.6 Å². The van der Waals surface area contributed by atoms with Crippen LogP contribution in [-0.2, 0) is 4.74 Å². The Morgan fingerprint density at radius 3 is 2.81 bits per heavy atom. The molecule has 2 aromatic rings. The molecular formula is C18H23N7O. The van der Waals surface area contributed by atoms with Crippen molar-refractivity contribution in [1.29, 1.82) is 5.41 Å². The minimum atomic E-state index is 0.363.